The van der Waals surface area contributed by atoms with Gasteiger partial charge in [0, 0.05) is 19.6 Å². The van der Waals surface area contributed by atoms with Crippen LogP contribution in [0.4, 0.5) is 0 Å². The average molecular weight is 263 g/mol. The number of rotatable bonds is 6. The minimum atomic E-state index is 0.121. The number of benzene rings is 1. The maximum atomic E-state index is 10.1. The van der Waals surface area contributed by atoms with E-state index < -0.39 is 0 Å². The molecule has 1 unspecified atom stereocenters. The highest BCUT2D eigenvalue weighted by atomic mass is 16.5. The fourth-order valence-corrected chi connectivity index (χ4v) is 2.31. The van der Waals surface area contributed by atoms with Gasteiger partial charge in [-0.15, -0.1) is 0 Å². The van der Waals surface area contributed by atoms with Crippen LogP contribution in [0.1, 0.15) is 24.2 Å². The molecule has 0 aliphatic carbocycles. The number of hydrogen-bond acceptors (Lipinski definition) is 4. The van der Waals surface area contributed by atoms with Gasteiger partial charge in [0.15, 0.2) is 0 Å². The predicted octanol–water partition coefficient (Wildman–Crippen LogP) is 1.80. The Kier molecular flexibility index (Phi) is 5.36. The first-order chi connectivity index (χ1) is 9.33. The molecule has 104 valence electrons. The van der Waals surface area contributed by atoms with E-state index in [9.17, 15) is 4.79 Å². The first-order valence-corrected chi connectivity index (χ1v) is 6.81. The first-order valence-electron chi connectivity index (χ1n) is 6.81. The van der Waals surface area contributed by atoms with Crippen molar-refractivity contribution in [3.8, 4) is 0 Å². The summed E-state index contributed by atoms with van der Waals surface area (Å²) in [6, 6.07) is 8.62. The topological polar surface area (TPSA) is 38.8 Å². The number of carbonyl (C=O) groups excluding carboxylic acids is 1. The van der Waals surface area contributed by atoms with Crippen molar-refractivity contribution >= 4 is 6.47 Å². The zero-order valence-electron chi connectivity index (χ0n) is 11.4. The van der Waals surface area contributed by atoms with E-state index in [4.69, 9.17) is 9.47 Å². The van der Waals surface area contributed by atoms with Gasteiger partial charge in [0.05, 0.1) is 12.7 Å². The number of carbonyl (C=O) groups is 1. The summed E-state index contributed by atoms with van der Waals surface area (Å²) in [5.41, 5.74) is 2.56. The van der Waals surface area contributed by atoms with Gasteiger partial charge in [0.1, 0.15) is 6.61 Å². The zero-order chi connectivity index (χ0) is 13.5. The summed E-state index contributed by atoms with van der Waals surface area (Å²) >= 11 is 0. The highest BCUT2D eigenvalue weighted by Crippen LogP contribution is 2.22. The molecule has 0 spiro atoms. The molecule has 1 aromatic rings. The molecule has 1 aromatic carbocycles. The molecule has 1 heterocycles. The van der Waals surface area contributed by atoms with E-state index in [2.05, 4.69) is 36.1 Å². The SMILES string of the molecule is CCc1ccc(C2CN(CCOC=O)CCO2)cc1. The summed E-state index contributed by atoms with van der Waals surface area (Å²) in [5.74, 6) is 0. The summed E-state index contributed by atoms with van der Waals surface area (Å²) in [5, 5.41) is 0. The highest BCUT2D eigenvalue weighted by molar-refractivity contribution is 5.36. The predicted molar refractivity (Wildman–Crippen MR) is 73.0 cm³/mol. The Hall–Kier alpha value is -1.39. The van der Waals surface area contributed by atoms with Crippen molar-refractivity contribution in [2.24, 2.45) is 0 Å². The molecule has 1 aliphatic heterocycles. The molecule has 0 saturated carbocycles. The van der Waals surface area contributed by atoms with E-state index in [-0.39, 0.29) is 6.10 Å². The van der Waals surface area contributed by atoms with E-state index in [0.717, 1.165) is 32.7 Å². The molecule has 4 nitrogen and oxygen atoms in total. The van der Waals surface area contributed by atoms with E-state index in [1.165, 1.54) is 11.1 Å². The summed E-state index contributed by atoms with van der Waals surface area (Å²) in [6.45, 7) is 6.35. The maximum absolute atomic E-state index is 10.1. The van der Waals surface area contributed by atoms with Crippen LogP contribution in [0, 0.1) is 0 Å². The van der Waals surface area contributed by atoms with Crippen LogP contribution in [0.3, 0.4) is 0 Å². The lowest BCUT2D eigenvalue weighted by Gasteiger charge is -2.32. The second kappa shape index (κ2) is 7.26. The van der Waals surface area contributed by atoms with Gasteiger partial charge in [-0.25, -0.2) is 0 Å². The molecule has 4 heteroatoms. The van der Waals surface area contributed by atoms with Crippen molar-refractivity contribution < 1.29 is 14.3 Å². The van der Waals surface area contributed by atoms with Crippen LogP contribution in [0.15, 0.2) is 24.3 Å². The molecule has 0 radical (unpaired) electrons. The van der Waals surface area contributed by atoms with Crippen LogP contribution in [0.2, 0.25) is 0 Å². The lowest BCUT2D eigenvalue weighted by molar-refractivity contribution is -0.129. The lowest BCUT2D eigenvalue weighted by atomic mass is 10.0. The standard InChI is InChI=1S/C15H21NO3/c1-2-13-3-5-14(6-4-13)15-11-16(8-10-19-15)7-9-18-12-17/h3-6,12,15H,2,7-11H2,1H3. The molecular formula is C15H21NO3. The lowest BCUT2D eigenvalue weighted by Crippen LogP contribution is -2.40. The number of aryl methyl sites for hydroxylation is 1. The number of morpholine rings is 1. The van der Waals surface area contributed by atoms with Gasteiger partial charge >= 0.3 is 0 Å². The molecule has 19 heavy (non-hydrogen) atoms. The van der Waals surface area contributed by atoms with Crippen LogP contribution in [-0.4, -0.2) is 44.2 Å². The Labute approximate surface area is 114 Å². The van der Waals surface area contributed by atoms with E-state index in [1.807, 2.05) is 0 Å². The number of hydrogen-bond donors (Lipinski definition) is 0. The van der Waals surface area contributed by atoms with E-state index in [0.29, 0.717) is 13.1 Å². The van der Waals surface area contributed by atoms with Crippen molar-refractivity contribution in [3.05, 3.63) is 35.4 Å². The Bertz CT molecular complexity index is 391. The van der Waals surface area contributed by atoms with Crippen molar-refractivity contribution in [3.63, 3.8) is 0 Å². The van der Waals surface area contributed by atoms with Gasteiger partial charge in [0.25, 0.3) is 6.47 Å². The van der Waals surface area contributed by atoms with Gasteiger partial charge < -0.3 is 9.47 Å². The molecule has 1 aliphatic rings. The molecule has 1 fully saturated rings. The summed E-state index contributed by atoms with van der Waals surface area (Å²) in [4.78, 5) is 12.4. The molecule has 1 atom stereocenters. The summed E-state index contributed by atoms with van der Waals surface area (Å²) in [7, 11) is 0. The summed E-state index contributed by atoms with van der Waals surface area (Å²) < 4.78 is 10.6. The van der Waals surface area contributed by atoms with Crippen molar-refractivity contribution in [1.29, 1.82) is 0 Å². The second-order valence-electron chi connectivity index (χ2n) is 4.72. The van der Waals surface area contributed by atoms with Crippen molar-refractivity contribution in [2.45, 2.75) is 19.4 Å². The van der Waals surface area contributed by atoms with E-state index in [1.54, 1.807) is 0 Å². The quantitative estimate of drug-likeness (QED) is 0.579. The largest absolute Gasteiger partial charge is 0.467 e. The van der Waals surface area contributed by atoms with Crippen LogP contribution in [-0.2, 0) is 20.7 Å². The van der Waals surface area contributed by atoms with Gasteiger partial charge in [-0.05, 0) is 17.5 Å². The molecule has 1 saturated heterocycles. The zero-order valence-corrected chi connectivity index (χ0v) is 11.4. The van der Waals surface area contributed by atoms with Crippen LogP contribution >= 0.6 is 0 Å². The van der Waals surface area contributed by atoms with Gasteiger partial charge in [-0.2, -0.15) is 0 Å². The van der Waals surface area contributed by atoms with Gasteiger partial charge in [-0.1, -0.05) is 31.2 Å². The molecule has 2 rings (SSSR count). The Morgan fingerprint density at radius 2 is 2.21 bits per heavy atom. The highest BCUT2D eigenvalue weighted by Gasteiger charge is 2.21. The second-order valence-corrected chi connectivity index (χ2v) is 4.72. The minimum Gasteiger partial charge on any atom is -0.467 e. The van der Waals surface area contributed by atoms with Crippen molar-refractivity contribution in [1.82, 2.24) is 4.90 Å². The maximum Gasteiger partial charge on any atom is 0.293 e. The third-order valence-electron chi connectivity index (χ3n) is 3.50. The third kappa shape index (κ3) is 4.04. The van der Waals surface area contributed by atoms with Crippen LogP contribution in [0.25, 0.3) is 0 Å². The third-order valence-corrected chi connectivity index (χ3v) is 3.50. The summed E-state index contributed by atoms with van der Waals surface area (Å²) in [6.07, 6.45) is 1.18. The molecular weight excluding hydrogens is 242 g/mol. The van der Waals surface area contributed by atoms with Gasteiger partial charge in [0.2, 0.25) is 0 Å². The van der Waals surface area contributed by atoms with Crippen LogP contribution < -0.4 is 0 Å². The van der Waals surface area contributed by atoms with Crippen LogP contribution in [0.5, 0.6) is 0 Å². The average Bonchev–Trinajstić information content (AvgIpc) is 2.48. The Balaban J connectivity index is 1.90. The minimum absolute atomic E-state index is 0.121. The fourth-order valence-electron chi connectivity index (χ4n) is 2.31. The number of ether oxygens (including phenoxy) is 2. The van der Waals surface area contributed by atoms with Gasteiger partial charge in [-0.3, -0.25) is 9.69 Å². The molecule has 0 amide bonds. The molecule has 0 bridgehead atoms. The Morgan fingerprint density at radius 1 is 1.42 bits per heavy atom. The van der Waals surface area contributed by atoms with Crippen molar-refractivity contribution in [2.75, 3.05) is 32.8 Å². The fraction of sp³-hybridized carbons (Fsp3) is 0.533. The Morgan fingerprint density at radius 3 is 2.89 bits per heavy atom. The monoisotopic (exact) mass is 263 g/mol. The molecule has 0 aromatic heterocycles. The normalized spacial score (nSPS) is 20.2. The van der Waals surface area contributed by atoms with E-state index >= 15 is 0 Å². The smallest absolute Gasteiger partial charge is 0.293 e. The number of nitrogens with zero attached hydrogens (tertiary/aromatic N) is 1. The molecule has 0 N–H and O–H groups in total. The first kappa shape index (κ1) is 14.0.